The number of ether oxygens (including phenoxy) is 1. The molecule has 15 heavy (non-hydrogen) atoms. The van der Waals surface area contributed by atoms with Gasteiger partial charge in [0.05, 0.1) is 13.7 Å². The van der Waals surface area contributed by atoms with Crippen LogP contribution in [0.3, 0.4) is 0 Å². The van der Waals surface area contributed by atoms with Crippen LogP contribution in [0.5, 0.6) is 5.75 Å². The molecule has 0 radical (unpaired) electrons. The van der Waals surface area contributed by atoms with Gasteiger partial charge in [-0.3, -0.25) is 0 Å². The molecule has 2 nitrogen and oxygen atoms in total. The number of benzene rings is 1. The van der Waals surface area contributed by atoms with Gasteiger partial charge in [-0.05, 0) is 36.0 Å². The Hall–Kier alpha value is -0.300. The maximum absolute atomic E-state index is 5.52. The van der Waals surface area contributed by atoms with Gasteiger partial charge in [0.1, 0.15) is 5.75 Å². The first kappa shape index (κ1) is 14.7. The summed E-state index contributed by atoms with van der Waals surface area (Å²) < 4.78 is 10.6. The normalized spacial score (nSPS) is 10.3. The summed E-state index contributed by atoms with van der Waals surface area (Å²) >= 11 is 0. The third-order valence-corrected chi connectivity index (χ3v) is 2.80. The van der Waals surface area contributed by atoms with E-state index in [2.05, 4.69) is 6.92 Å². The molecule has 1 rings (SSSR count). The van der Waals surface area contributed by atoms with Crippen LogP contribution in [0.25, 0.3) is 0 Å². The number of rotatable bonds is 6. The number of hydrogen-bond acceptors (Lipinski definition) is 2. The molecule has 1 atom stereocenters. The Kier molecular flexibility index (Phi) is 8.79. The highest BCUT2D eigenvalue weighted by atomic mass is 35.5. The maximum atomic E-state index is 5.52. The Morgan fingerprint density at radius 2 is 1.87 bits per heavy atom. The van der Waals surface area contributed by atoms with Crippen molar-refractivity contribution in [2.45, 2.75) is 19.8 Å². The van der Waals surface area contributed by atoms with E-state index in [0.29, 0.717) is 8.81 Å². The van der Waals surface area contributed by atoms with E-state index in [-0.39, 0.29) is 12.4 Å². The second-order valence-electron chi connectivity index (χ2n) is 3.03. The van der Waals surface area contributed by atoms with Gasteiger partial charge in [0.2, 0.25) is 0 Å². The molecule has 0 spiro atoms. The summed E-state index contributed by atoms with van der Waals surface area (Å²) in [5.41, 5.74) is 0. The zero-order chi connectivity index (χ0) is 10.2. The molecule has 0 amide bonds. The lowest BCUT2D eigenvalue weighted by molar-refractivity contribution is 0.356. The standard InChI is InChI=1S/C11H17O2P.ClH/c1-3-4-9-13-14-11-7-5-10(12-2)6-8-11;/h5-8,14H,3-4,9H2,1-2H3;1H. The molecule has 0 bridgehead atoms. The smallest absolute Gasteiger partial charge is 0.118 e. The second-order valence-corrected chi connectivity index (χ2v) is 4.10. The summed E-state index contributed by atoms with van der Waals surface area (Å²) in [5.74, 6) is 0.895. The zero-order valence-electron chi connectivity index (χ0n) is 9.16. The minimum atomic E-state index is 0. The molecule has 0 aromatic heterocycles. The van der Waals surface area contributed by atoms with Crippen molar-refractivity contribution in [3.8, 4) is 5.75 Å². The van der Waals surface area contributed by atoms with E-state index in [4.69, 9.17) is 9.26 Å². The van der Waals surface area contributed by atoms with Crippen molar-refractivity contribution >= 4 is 26.5 Å². The lowest BCUT2D eigenvalue weighted by Crippen LogP contribution is -1.96. The van der Waals surface area contributed by atoms with Crippen LogP contribution in [0.15, 0.2) is 24.3 Å². The van der Waals surface area contributed by atoms with Crippen molar-refractivity contribution in [3.63, 3.8) is 0 Å². The van der Waals surface area contributed by atoms with E-state index in [9.17, 15) is 0 Å². The molecule has 1 aromatic carbocycles. The van der Waals surface area contributed by atoms with Gasteiger partial charge in [-0.1, -0.05) is 13.3 Å². The summed E-state index contributed by atoms with van der Waals surface area (Å²) in [4.78, 5) is 0. The molecule has 86 valence electrons. The Bertz CT molecular complexity index is 251. The van der Waals surface area contributed by atoms with E-state index < -0.39 is 0 Å². The molecule has 1 aromatic rings. The fourth-order valence-corrected chi connectivity index (χ4v) is 1.73. The maximum Gasteiger partial charge on any atom is 0.118 e. The molecular formula is C11H18ClO2P. The molecule has 0 aliphatic heterocycles. The average molecular weight is 249 g/mol. The van der Waals surface area contributed by atoms with Crippen molar-refractivity contribution in [3.05, 3.63) is 24.3 Å². The summed E-state index contributed by atoms with van der Waals surface area (Å²) in [5, 5.41) is 1.22. The Morgan fingerprint density at radius 3 is 2.40 bits per heavy atom. The number of unbranched alkanes of at least 4 members (excludes halogenated alkanes) is 1. The zero-order valence-corrected chi connectivity index (χ0v) is 11.0. The first-order valence-corrected chi connectivity index (χ1v) is 5.79. The molecule has 0 aliphatic carbocycles. The van der Waals surface area contributed by atoms with Crippen LogP contribution in [0.2, 0.25) is 0 Å². The molecule has 0 saturated carbocycles. The summed E-state index contributed by atoms with van der Waals surface area (Å²) in [6.07, 6.45) is 2.33. The second kappa shape index (κ2) is 8.96. The van der Waals surface area contributed by atoms with Crippen LogP contribution in [0.1, 0.15) is 19.8 Å². The molecule has 0 aliphatic rings. The largest absolute Gasteiger partial charge is 0.497 e. The van der Waals surface area contributed by atoms with Crippen molar-refractivity contribution in [2.75, 3.05) is 13.7 Å². The van der Waals surface area contributed by atoms with Gasteiger partial charge in [0.25, 0.3) is 0 Å². The van der Waals surface area contributed by atoms with E-state index in [1.807, 2.05) is 24.3 Å². The van der Waals surface area contributed by atoms with Gasteiger partial charge in [0.15, 0.2) is 0 Å². The SMILES string of the molecule is CCCCOPc1ccc(OC)cc1.Cl. The van der Waals surface area contributed by atoms with Gasteiger partial charge in [0, 0.05) is 8.81 Å². The topological polar surface area (TPSA) is 18.5 Å². The van der Waals surface area contributed by atoms with Crippen molar-refractivity contribution in [2.24, 2.45) is 0 Å². The van der Waals surface area contributed by atoms with Crippen LogP contribution >= 0.6 is 21.2 Å². The van der Waals surface area contributed by atoms with Gasteiger partial charge >= 0.3 is 0 Å². The van der Waals surface area contributed by atoms with Crippen molar-refractivity contribution < 1.29 is 9.26 Å². The van der Waals surface area contributed by atoms with Gasteiger partial charge in [-0.25, -0.2) is 0 Å². The predicted octanol–water partition coefficient (Wildman–Crippen LogP) is 3.15. The monoisotopic (exact) mass is 248 g/mol. The summed E-state index contributed by atoms with van der Waals surface area (Å²) in [7, 11) is 2.13. The van der Waals surface area contributed by atoms with Crippen LogP contribution in [0.4, 0.5) is 0 Å². The number of halogens is 1. The Morgan fingerprint density at radius 1 is 1.20 bits per heavy atom. The van der Waals surface area contributed by atoms with Crippen LogP contribution < -0.4 is 10.0 Å². The van der Waals surface area contributed by atoms with Gasteiger partial charge in [-0.15, -0.1) is 12.4 Å². The van der Waals surface area contributed by atoms with Crippen molar-refractivity contribution in [1.82, 2.24) is 0 Å². The van der Waals surface area contributed by atoms with Crippen LogP contribution in [0, 0.1) is 0 Å². The summed E-state index contributed by atoms with van der Waals surface area (Å²) in [6, 6.07) is 8.02. The lowest BCUT2D eigenvalue weighted by atomic mass is 10.3. The lowest BCUT2D eigenvalue weighted by Gasteiger charge is -2.04. The first-order valence-electron chi connectivity index (χ1n) is 4.88. The molecule has 0 saturated heterocycles. The molecule has 0 fully saturated rings. The average Bonchev–Trinajstić information content (AvgIpc) is 2.25. The highest BCUT2D eigenvalue weighted by Crippen LogP contribution is 2.15. The van der Waals surface area contributed by atoms with E-state index in [1.54, 1.807) is 7.11 Å². The highest BCUT2D eigenvalue weighted by molar-refractivity contribution is 7.41. The van der Waals surface area contributed by atoms with Gasteiger partial charge < -0.3 is 9.26 Å². The fourth-order valence-electron chi connectivity index (χ4n) is 1.01. The van der Waals surface area contributed by atoms with Crippen LogP contribution in [-0.2, 0) is 4.52 Å². The van der Waals surface area contributed by atoms with E-state index in [0.717, 1.165) is 18.8 Å². The number of hydrogen-bond donors (Lipinski definition) is 0. The molecule has 0 heterocycles. The quantitative estimate of drug-likeness (QED) is 0.569. The first-order chi connectivity index (χ1) is 6.86. The molecular weight excluding hydrogens is 231 g/mol. The van der Waals surface area contributed by atoms with Gasteiger partial charge in [-0.2, -0.15) is 0 Å². The van der Waals surface area contributed by atoms with Crippen LogP contribution in [-0.4, -0.2) is 13.7 Å². The minimum Gasteiger partial charge on any atom is -0.497 e. The minimum absolute atomic E-state index is 0. The molecule has 4 heteroatoms. The highest BCUT2D eigenvalue weighted by Gasteiger charge is 1.94. The Labute approximate surface area is 99.6 Å². The fraction of sp³-hybridized carbons (Fsp3) is 0.455. The molecule has 0 N–H and O–H groups in total. The van der Waals surface area contributed by atoms with E-state index >= 15 is 0 Å². The summed E-state index contributed by atoms with van der Waals surface area (Å²) in [6.45, 7) is 3.03. The van der Waals surface area contributed by atoms with E-state index in [1.165, 1.54) is 11.7 Å². The van der Waals surface area contributed by atoms with Crippen molar-refractivity contribution in [1.29, 1.82) is 0 Å². The third-order valence-electron chi connectivity index (χ3n) is 1.88. The molecule has 1 unspecified atom stereocenters. The number of methoxy groups -OCH3 is 1. The predicted molar refractivity (Wildman–Crippen MR) is 69.1 cm³/mol. The third kappa shape index (κ3) is 5.99. The Balaban J connectivity index is 0.00000196.